The van der Waals surface area contributed by atoms with Crippen LogP contribution in [-0.4, -0.2) is 40.9 Å². The summed E-state index contributed by atoms with van der Waals surface area (Å²) in [5.74, 6) is -0.499. The monoisotopic (exact) mass is 507 g/mol. The summed E-state index contributed by atoms with van der Waals surface area (Å²) in [5.41, 5.74) is 0.0250. The van der Waals surface area contributed by atoms with Gasteiger partial charge < -0.3 is 25.0 Å². The minimum Gasteiger partial charge on any atom is -0.393 e. The van der Waals surface area contributed by atoms with Crippen LogP contribution in [0.2, 0.25) is 0 Å². The normalized spacial score (nSPS) is 21.8. The molecule has 2 aromatic rings. The molecule has 3 atom stereocenters. The lowest BCUT2D eigenvalue weighted by Crippen LogP contribution is -2.34. The maximum Gasteiger partial charge on any atom is 0.416 e. The summed E-state index contributed by atoms with van der Waals surface area (Å²) in [5, 5.41) is 16.0. The molecule has 36 heavy (non-hydrogen) atoms. The van der Waals surface area contributed by atoms with Crippen molar-refractivity contribution in [1.82, 2.24) is 9.88 Å². The minimum absolute atomic E-state index is 0.0586. The quantitative estimate of drug-likeness (QED) is 0.541. The smallest absolute Gasteiger partial charge is 0.393 e. The Bertz CT molecular complexity index is 1160. The van der Waals surface area contributed by atoms with Crippen LogP contribution in [0.5, 0.6) is 0 Å². The SMILES string of the molecule is Cc1c(C(C)NC(=O)c2cn(C3CCOCC3)c(=O)cc2N[C@@H]2CC[C@@H](O)C2)cccc1C(F)(F)F. The zero-order valence-corrected chi connectivity index (χ0v) is 20.4. The first kappa shape index (κ1) is 26.2. The summed E-state index contributed by atoms with van der Waals surface area (Å²) < 4.78 is 47.1. The number of ether oxygens (including phenoxy) is 1. The molecule has 1 aliphatic heterocycles. The summed E-state index contributed by atoms with van der Waals surface area (Å²) in [6, 6.07) is 4.42. The molecule has 1 aromatic heterocycles. The number of aliphatic hydroxyl groups excluding tert-OH is 1. The van der Waals surface area contributed by atoms with Crippen LogP contribution in [0.25, 0.3) is 0 Å². The van der Waals surface area contributed by atoms with Gasteiger partial charge in [-0.2, -0.15) is 13.2 Å². The van der Waals surface area contributed by atoms with E-state index in [0.29, 0.717) is 56.6 Å². The van der Waals surface area contributed by atoms with Gasteiger partial charge in [0.25, 0.3) is 11.5 Å². The second kappa shape index (κ2) is 10.6. The molecule has 4 rings (SSSR count). The van der Waals surface area contributed by atoms with Crippen LogP contribution < -0.4 is 16.2 Å². The highest BCUT2D eigenvalue weighted by atomic mass is 19.4. The highest BCUT2D eigenvalue weighted by molar-refractivity contribution is 5.99. The Morgan fingerprint density at radius 2 is 1.92 bits per heavy atom. The largest absolute Gasteiger partial charge is 0.416 e. The number of amides is 1. The Labute approximate surface area is 207 Å². The van der Waals surface area contributed by atoms with Crippen molar-refractivity contribution in [2.24, 2.45) is 0 Å². The summed E-state index contributed by atoms with van der Waals surface area (Å²) in [6.45, 7) is 4.06. The topological polar surface area (TPSA) is 92.6 Å². The second-order valence-electron chi connectivity index (χ2n) is 9.71. The molecule has 0 radical (unpaired) electrons. The van der Waals surface area contributed by atoms with Gasteiger partial charge in [-0.15, -0.1) is 0 Å². The van der Waals surface area contributed by atoms with E-state index >= 15 is 0 Å². The zero-order valence-electron chi connectivity index (χ0n) is 20.4. The van der Waals surface area contributed by atoms with E-state index in [2.05, 4.69) is 10.6 Å². The number of anilines is 1. The van der Waals surface area contributed by atoms with Gasteiger partial charge in [0, 0.05) is 37.6 Å². The number of benzene rings is 1. The van der Waals surface area contributed by atoms with Crippen molar-refractivity contribution >= 4 is 11.6 Å². The van der Waals surface area contributed by atoms with E-state index in [0.717, 1.165) is 6.07 Å². The highest BCUT2D eigenvalue weighted by Gasteiger charge is 2.33. The first-order chi connectivity index (χ1) is 17.0. The molecule has 1 aliphatic carbocycles. The molecule has 0 spiro atoms. The maximum absolute atomic E-state index is 13.5. The summed E-state index contributed by atoms with van der Waals surface area (Å²) in [6.07, 6.45) is -0.283. The summed E-state index contributed by atoms with van der Waals surface area (Å²) >= 11 is 0. The van der Waals surface area contributed by atoms with Crippen LogP contribution in [0.4, 0.5) is 18.9 Å². The second-order valence-corrected chi connectivity index (χ2v) is 9.71. The Hall–Kier alpha value is -2.85. The van der Waals surface area contributed by atoms with Crippen LogP contribution in [0.15, 0.2) is 35.3 Å². The Kier molecular flexibility index (Phi) is 7.75. The minimum atomic E-state index is -4.49. The van der Waals surface area contributed by atoms with Crippen molar-refractivity contribution in [3.8, 4) is 0 Å². The lowest BCUT2D eigenvalue weighted by Gasteiger charge is -2.26. The number of alkyl halides is 3. The molecule has 10 heteroatoms. The molecule has 3 N–H and O–H groups in total. The first-order valence-electron chi connectivity index (χ1n) is 12.3. The van der Waals surface area contributed by atoms with E-state index in [9.17, 15) is 27.9 Å². The fourth-order valence-electron chi connectivity index (χ4n) is 5.19. The van der Waals surface area contributed by atoms with Crippen LogP contribution >= 0.6 is 0 Å². The van der Waals surface area contributed by atoms with Gasteiger partial charge in [-0.1, -0.05) is 12.1 Å². The third-order valence-electron chi connectivity index (χ3n) is 7.17. The maximum atomic E-state index is 13.5. The van der Waals surface area contributed by atoms with Gasteiger partial charge in [0.2, 0.25) is 0 Å². The summed E-state index contributed by atoms with van der Waals surface area (Å²) in [4.78, 5) is 26.4. The number of halogens is 3. The van der Waals surface area contributed by atoms with Gasteiger partial charge in [-0.3, -0.25) is 9.59 Å². The van der Waals surface area contributed by atoms with Crippen molar-refractivity contribution in [2.75, 3.05) is 18.5 Å². The number of carbonyl (C=O) groups excluding carboxylic acids is 1. The Balaban J connectivity index is 1.65. The Morgan fingerprint density at radius 1 is 1.19 bits per heavy atom. The molecule has 1 saturated heterocycles. The molecule has 1 unspecified atom stereocenters. The predicted octanol–water partition coefficient (Wildman–Crippen LogP) is 4.34. The average Bonchev–Trinajstić information content (AvgIpc) is 3.23. The third-order valence-corrected chi connectivity index (χ3v) is 7.17. The number of aromatic nitrogens is 1. The number of carbonyl (C=O) groups is 1. The van der Waals surface area contributed by atoms with Crippen molar-refractivity contribution in [3.63, 3.8) is 0 Å². The van der Waals surface area contributed by atoms with Gasteiger partial charge >= 0.3 is 6.18 Å². The molecule has 0 bridgehead atoms. The van der Waals surface area contributed by atoms with E-state index in [1.807, 2.05) is 0 Å². The first-order valence-corrected chi connectivity index (χ1v) is 12.3. The van der Waals surface area contributed by atoms with Crippen LogP contribution in [0, 0.1) is 6.92 Å². The van der Waals surface area contributed by atoms with E-state index in [1.165, 1.54) is 25.3 Å². The van der Waals surface area contributed by atoms with Crippen LogP contribution in [0.3, 0.4) is 0 Å². The molecular weight excluding hydrogens is 475 g/mol. The zero-order chi connectivity index (χ0) is 26.0. The molecule has 2 aliphatic rings. The van der Waals surface area contributed by atoms with Gasteiger partial charge in [-0.05, 0) is 63.1 Å². The molecule has 196 valence electrons. The molecule has 1 amide bonds. The fourth-order valence-corrected chi connectivity index (χ4v) is 5.19. The number of hydrogen-bond acceptors (Lipinski definition) is 5. The van der Waals surface area contributed by atoms with E-state index in [-0.39, 0.29) is 28.8 Å². The number of hydrogen-bond donors (Lipinski definition) is 3. The molecular formula is C26H32F3N3O4. The van der Waals surface area contributed by atoms with Gasteiger partial charge in [0.15, 0.2) is 0 Å². The number of nitrogens with one attached hydrogen (secondary N) is 2. The number of pyridine rings is 1. The van der Waals surface area contributed by atoms with Crippen LogP contribution in [0.1, 0.15) is 78.2 Å². The van der Waals surface area contributed by atoms with Gasteiger partial charge in [-0.25, -0.2) is 0 Å². The molecule has 1 aromatic carbocycles. The molecule has 7 nitrogen and oxygen atoms in total. The molecule has 2 fully saturated rings. The average molecular weight is 508 g/mol. The van der Waals surface area contributed by atoms with E-state index < -0.39 is 29.8 Å². The number of rotatable bonds is 6. The van der Waals surface area contributed by atoms with Crippen LogP contribution in [-0.2, 0) is 10.9 Å². The van der Waals surface area contributed by atoms with Crippen molar-refractivity contribution in [2.45, 2.75) is 76.4 Å². The fraction of sp³-hybridized carbons (Fsp3) is 0.538. The van der Waals surface area contributed by atoms with Crippen molar-refractivity contribution in [1.29, 1.82) is 0 Å². The Morgan fingerprint density at radius 3 is 2.56 bits per heavy atom. The third kappa shape index (κ3) is 5.75. The molecule has 2 heterocycles. The standard InChI is InChI=1S/C26H32F3N3O4/c1-15-20(4-3-5-22(15)26(27,28)29)16(2)30-25(35)21-14-32(18-8-10-36-11-9-18)24(34)13-23(21)31-17-6-7-19(33)12-17/h3-5,13-14,16-19,31,33H,6-12H2,1-2H3,(H,30,35)/t16?,17-,19-/m1/s1. The van der Waals surface area contributed by atoms with Gasteiger partial charge in [0.05, 0.1) is 29.0 Å². The lowest BCUT2D eigenvalue weighted by atomic mass is 9.97. The van der Waals surface area contributed by atoms with Crippen molar-refractivity contribution in [3.05, 3.63) is 63.1 Å². The van der Waals surface area contributed by atoms with Crippen molar-refractivity contribution < 1.29 is 27.8 Å². The highest BCUT2D eigenvalue weighted by Crippen LogP contribution is 2.34. The van der Waals surface area contributed by atoms with E-state index in [4.69, 9.17) is 4.74 Å². The van der Waals surface area contributed by atoms with E-state index in [1.54, 1.807) is 17.6 Å². The van der Waals surface area contributed by atoms with Gasteiger partial charge in [0.1, 0.15) is 0 Å². The lowest BCUT2D eigenvalue weighted by molar-refractivity contribution is -0.138. The summed E-state index contributed by atoms with van der Waals surface area (Å²) in [7, 11) is 0. The molecule has 1 saturated carbocycles. The number of nitrogens with zero attached hydrogens (tertiary/aromatic N) is 1. The number of aliphatic hydroxyl groups is 1. The predicted molar refractivity (Wildman–Crippen MR) is 129 cm³/mol.